The Kier molecular flexibility index (Phi) is 7.05. The molecule has 4 heteroatoms. The Labute approximate surface area is 107 Å². The predicted octanol–water partition coefficient (Wildman–Crippen LogP) is 3.47. The van der Waals surface area contributed by atoms with Crippen LogP contribution in [0, 0.1) is 0 Å². The van der Waals surface area contributed by atoms with E-state index < -0.39 is 0 Å². The first-order chi connectivity index (χ1) is 8.24. The fraction of sp³-hybridized carbons (Fsp3) is 0.692. The fourth-order valence-corrected chi connectivity index (χ4v) is 2.16. The standard InChI is InChI=1S/C7H16O.C6H6O2S/c1-3-4-5-6-7(2)8;1-2-8-6-4-9-3-5(6)7-1/h7-8H,3-6H2,1-2H3;3-4H,1-2H2. The van der Waals surface area contributed by atoms with Crippen molar-refractivity contribution in [1.82, 2.24) is 0 Å². The van der Waals surface area contributed by atoms with Gasteiger partial charge in [-0.05, 0) is 13.3 Å². The summed E-state index contributed by atoms with van der Waals surface area (Å²) in [6, 6.07) is 0. The maximum atomic E-state index is 8.78. The minimum Gasteiger partial charge on any atom is -0.485 e. The molecule has 2 heterocycles. The quantitative estimate of drug-likeness (QED) is 0.840. The minimum atomic E-state index is -0.0958. The van der Waals surface area contributed by atoms with Crippen molar-refractivity contribution in [3.63, 3.8) is 0 Å². The van der Waals surface area contributed by atoms with Crippen LogP contribution in [0.25, 0.3) is 0 Å². The summed E-state index contributed by atoms with van der Waals surface area (Å²) in [4.78, 5) is 0. The number of hydrogen-bond donors (Lipinski definition) is 1. The molecule has 1 atom stereocenters. The van der Waals surface area contributed by atoms with Crippen molar-refractivity contribution in [3.05, 3.63) is 10.8 Å². The highest BCUT2D eigenvalue weighted by Crippen LogP contribution is 2.33. The molecule has 1 unspecified atom stereocenters. The van der Waals surface area contributed by atoms with Crippen LogP contribution in [0.2, 0.25) is 0 Å². The first kappa shape index (κ1) is 14.3. The average Bonchev–Trinajstić information content (AvgIpc) is 2.78. The van der Waals surface area contributed by atoms with E-state index >= 15 is 0 Å². The average molecular weight is 258 g/mol. The molecule has 0 bridgehead atoms. The van der Waals surface area contributed by atoms with Gasteiger partial charge in [0.15, 0.2) is 11.5 Å². The molecule has 0 amide bonds. The van der Waals surface area contributed by atoms with Crippen LogP contribution >= 0.6 is 11.3 Å². The van der Waals surface area contributed by atoms with Gasteiger partial charge >= 0.3 is 0 Å². The van der Waals surface area contributed by atoms with E-state index in [1.807, 2.05) is 17.7 Å². The van der Waals surface area contributed by atoms with Gasteiger partial charge in [0.2, 0.25) is 0 Å². The number of aliphatic hydroxyl groups is 1. The van der Waals surface area contributed by atoms with E-state index in [2.05, 4.69) is 6.92 Å². The molecule has 17 heavy (non-hydrogen) atoms. The highest BCUT2D eigenvalue weighted by Gasteiger charge is 2.10. The van der Waals surface area contributed by atoms with E-state index in [1.165, 1.54) is 19.3 Å². The molecule has 0 spiro atoms. The Balaban J connectivity index is 0.000000172. The predicted molar refractivity (Wildman–Crippen MR) is 71.1 cm³/mol. The molecule has 0 radical (unpaired) electrons. The zero-order valence-electron chi connectivity index (χ0n) is 10.6. The Morgan fingerprint density at radius 2 is 1.82 bits per heavy atom. The molecule has 0 fully saturated rings. The summed E-state index contributed by atoms with van der Waals surface area (Å²) in [5.41, 5.74) is 0. The third-order valence-electron chi connectivity index (χ3n) is 2.42. The largest absolute Gasteiger partial charge is 0.485 e. The van der Waals surface area contributed by atoms with Gasteiger partial charge < -0.3 is 14.6 Å². The van der Waals surface area contributed by atoms with Crippen molar-refractivity contribution in [2.45, 2.75) is 45.6 Å². The van der Waals surface area contributed by atoms with Crippen molar-refractivity contribution in [1.29, 1.82) is 0 Å². The van der Waals surface area contributed by atoms with Crippen LogP contribution in [-0.4, -0.2) is 24.4 Å². The number of thiophene rings is 1. The minimum absolute atomic E-state index is 0.0958. The Bertz CT molecular complexity index is 276. The van der Waals surface area contributed by atoms with E-state index in [4.69, 9.17) is 14.6 Å². The summed E-state index contributed by atoms with van der Waals surface area (Å²) in [5, 5.41) is 12.7. The number of rotatable bonds is 4. The molecule has 1 aliphatic rings. The van der Waals surface area contributed by atoms with Crippen molar-refractivity contribution < 1.29 is 14.6 Å². The van der Waals surface area contributed by atoms with E-state index in [0.29, 0.717) is 13.2 Å². The maximum absolute atomic E-state index is 8.78. The third kappa shape index (κ3) is 5.94. The molecular weight excluding hydrogens is 236 g/mol. The van der Waals surface area contributed by atoms with Crippen LogP contribution in [-0.2, 0) is 0 Å². The lowest BCUT2D eigenvalue weighted by Crippen LogP contribution is -2.13. The SMILES string of the molecule is CCCCCC(C)O.c1scc2c1OCCO2. The highest BCUT2D eigenvalue weighted by molar-refractivity contribution is 7.08. The van der Waals surface area contributed by atoms with E-state index in [9.17, 15) is 0 Å². The number of unbranched alkanes of at least 4 members (excludes halogenated alkanes) is 2. The summed E-state index contributed by atoms with van der Waals surface area (Å²) in [6.07, 6.45) is 4.54. The Hall–Kier alpha value is -0.740. The monoisotopic (exact) mass is 258 g/mol. The van der Waals surface area contributed by atoms with Crippen molar-refractivity contribution in [2.24, 2.45) is 0 Å². The molecule has 0 aromatic carbocycles. The Morgan fingerprint density at radius 3 is 2.29 bits per heavy atom. The fourth-order valence-electron chi connectivity index (χ4n) is 1.48. The molecule has 1 aliphatic heterocycles. The molecular formula is C13H22O3S. The lowest BCUT2D eigenvalue weighted by atomic mass is 10.1. The van der Waals surface area contributed by atoms with E-state index in [-0.39, 0.29) is 6.10 Å². The molecule has 1 aromatic heterocycles. The molecule has 98 valence electrons. The topological polar surface area (TPSA) is 38.7 Å². The van der Waals surface area contributed by atoms with E-state index in [0.717, 1.165) is 17.9 Å². The molecule has 0 aliphatic carbocycles. The van der Waals surface area contributed by atoms with Crippen LogP contribution in [0.4, 0.5) is 0 Å². The van der Waals surface area contributed by atoms with Crippen LogP contribution in [0.1, 0.15) is 39.5 Å². The van der Waals surface area contributed by atoms with Gasteiger partial charge in [-0.3, -0.25) is 0 Å². The van der Waals surface area contributed by atoms with Crippen LogP contribution in [0.5, 0.6) is 11.5 Å². The summed E-state index contributed by atoms with van der Waals surface area (Å²) >= 11 is 1.61. The lowest BCUT2D eigenvalue weighted by molar-refractivity contribution is 0.173. The number of fused-ring (bicyclic) bond motifs is 1. The molecule has 2 rings (SSSR count). The van der Waals surface area contributed by atoms with Gasteiger partial charge in [0.25, 0.3) is 0 Å². The first-order valence-corrected chi connectivity index (χ1v) is 7.18. The molecule has 1 aromatic rings. The summed E-state index contributed by atoms with van der Waals surface area (Å²) < 4.78 is 10.5. The maximum Gasteiger partial charge on any atom is 0.172 e. The second kappa shape index (κ2) is 8.37. The number of hydrogen-bond acceptors (Lipinski definition) is 4. The second-order valence-corrected chi connectivity index (χ2v) is 4.89. The van der Waals surface area contributed by atoms with Crippen molar-refractivity contribution >= 4 is 11.3 Å². The number of ether oxygens (including phenoxy) is 2. The van der Waals surface area contributed by atoms with Gasteiger partial charge in [-0.2, -0.15) is 0 Å². The lowest BCUT2D eigenvalue weighted by Gasteiger charge is -2.13. The first-order valence-electron chi connectivity index (χ1n) is 6.24. The summed E-state index contributed by atoms with van der Waals surface area (Å²) in [6.45, 7) is 5.38. The van der Waals surface area contributed by atoms with Gasteiger partial charge in [0.05, 0.1) is 6.10 Å². The molecule has 1 N–H and O–H groups in total. The van der Waals surface area contributed by atoms with Crippen LogP contribution < -0.4 is 9.47 Å². The number of aliphatic hydroxyl groups excluding tert-OH is 1. The molecule has 3 nitrogen and oxygen atoms in total. The summed E-state index contributed by atoms with van der Waals surface area (Å²) in [7, 11) is 0. The van der Waals surface area contributed by atoms with Gasteiger partial charge in [0, 0.05) is 10.8 Å². The second-order valence-electron chi connectivity index (χ2n) is 4.14. The zero-order chi connectivity index (χ0) is 12.5. The van der Waals surface area contributed by atoms with Gasteiger partial charge in [-0.15, -0.1) is 11.3 Å². The Morgan fingerprint density at radius 1 is 1.24 bits per heavy atom. The van der Waals surface area contributed by atoms with Gasteiger partial charge in [0.1, 0.15) is 13.2 Å². The normalized spacial score (nSPS) is 14.8. The van der Waals surface area contributed by atoms with Crippen LogP contribution in [0.15, 0.2) is 10.8 Å². The summed E-state index contributed by atoms with van der Waals surface area (Å²) in [5.74, 6) is 1.79. The highest BCUT2D eigenvalue weighted by atomic mass is 32.1. The van der Waals surface area contributed by atoms with Crippen LogP contribution in [0.3, 0.4) is 0 Å². The van der Waals surface area contributed by atoms with Crippen molar-refractivity contribution in [2.75, 3.05) is 13.2 Å². The molecule has 0 saturated heterocycles. The smallest absolute Gasteiger partial charge is 0.172 e. The zero-order valence-corrected chi connectivity index (χ0v) is 11.5. The van der Waals surface area contributed by atoms with Gasteiger partial charge in [-0.25, -0.2) is 0 Å². The van der Waals surface area contributed by atoms with Gasteiger partial charge in [-0.1, -0.05) is 26.2 Å². The van der Waals surface area contributed by atoms with Crippen molar-refractivity contribution in [3.8, 4) is 11.5 Å². The van der Waals surface area contributed by atoms with E-state index in [1.54, 1.807) is 11.3 Å². The third-order valence-corrected chi connectivity index (χ3v) is 3.12. The molecule has 0 saturated carbocycles.